The van der Waals surface area contributed by atoms with Gasteiger partial charge in [0.2, 0.25) is 5.91 Å². The van der Waals surface area contributed by atoms with Crippen LogP contribution in [0.4, 0.5) is 8.78 Å². The van der Waals surface area contributed by atoms with Crippen molar-refractivity contribution in [1.29, 1.82) is 0 Å². The largest absolute Gasteiger partial charge is 0.349 e. The molecule has 1 aromatic rings. The van der Waals surface area contributed by atoms with Gasteiger partial charge >= 0.3 is 0 Å². The summed E-state index contributed by atoms with van der Waals surface area (Å²) >= 11 is 5.86. The maximum absolute atomic E-state index is 13.0. The summed E-state index contributed by atoms with van der Waals surface area (Å²) in [7, 11) is 0. The van der Waals surface area contributed by atoms with E-state index in [1.165, 1.54) is 0 Å². The van der Waals surface area contributed by atoms with Crippen LogP contribution in [0.15, 0.2) is 24.3 Å². The minimum atomic E-state index is -3.10. The third kappa shape index (κ3) is 4.89. The normalized spacial score (nSPS) is 11.7. The lowest BCUT2D eigenvalue weighted by Gasteiger charge is -2.25. The number of hydrogen-bond donors (Lipinski definition) is 2. The van der Waals surface area contributed by atoms with E-state index in [0.717, 1.165) is 0 Å². The van der Waals surface area contributed by atoms with E-state index in [1.807, 2.05) is 0 Å². The van der Waals surface area contributed by atoms with Crippen LogP contribution in [0.3, 0.4) is 0 Å². The molecule has 0 aliphatic carbocycles. The SMILES string of the molecule is CC(C)(C(=O)NCC(F)(F)CN)c1cccc(Cl)c1.Cl. The first-order valence-electron chi connectivity index (χ1n) is 5.81. The lowest BCUT2D eigenvalue weighted by Crippen LogP contribution is -2.47. The molecule has 1 amide bonds. The van der Waals surface area contributed by atoms with Crippen molar-refractivity contribution >= 4 is 29.9 Å². The van der Waals surface area contributed by atoms with Gasteiger partial charge in [0.15, 0.2) is 0 Å². The van der Waals surface area contributed by atoms with E-state index in [2.05, 4.69) is 5.32 Å². The van der Waals surface area contributed by atoms with Crippen LogP contribution in [-0.4, -0.2) is 24.9 Å². The Morgan fingerprint density at radius 2 is 2.00 bits per heavy atom. The Hall–Kier alpha value is -0.910. The van der Waals surface area contributed by atoms with E-state index in [1.54, 1.807) is 38.1 Å². The van der Waals surface area contributed by atoms with E-state index in [-0.39, 0.29) is 12.4 Å². The zero-order valence-electron chi connectivity index (χ0n) is 11.3. The predicted molar refractivity (Wildman–Crippen MR) is 78.7 cm³/mol. The number of rotatable bonds is 5. The minimum absolute atomic E-state index is 0. The van der Waals surface area contributed by atoms with Gasteiger partial charge in [0.05, 0.1) is 18.5 Å². The molecular weight excluding hydrogens is 309 g/mol. The Morgan fingerprint density at radius 3 is 2.50 bits per heavy atom. The Morgan fingerprint density at radius 1 is 1.40 bits per heavy atom. The van der Waals surface area contributed by atoms with Crippen LogP contribution in [-0.2, 0) is 10.2 Å². The maximum atomic E-state index is 13.0. The van der Waals surface area contributed by atoms with E-state index in [0.29, 0.717) is 10.6 Å². The van der Waals surface area contributed by atoms with Crippen molar-refractivity contribution < 1.29 is 13.6 Å². The number of benzene rings is 1. The van der Waals surface area contributed by atoms with Crippen molar-refractivity contribution in [2.24, 2.45) is 5.73 Å². The van der Waals surface area contributed by atoms with Crippen LogP contribution < -0.4 is 11.1 Å². The van der Waals surface area contributed by atoms with Gasteiger partial charge < -0.3 is 11.1 Å². The lowest BCUT2D eigenvalue weighted by molar-refractivity contribution is -0.127. The molecule has 7 heteroatoms. The molecule has 3 nitrogen and oxygen atoms in total. The quantitative estimate of drug-likeness (QED) is 0.874. The summed E-state index contributed by atoms with van der Waals surface area (Å²) in [5, 5.41) is 2.71. The summed E-state index contributed by atoms with van der Waals surface area (Å²) in [5.74, 6) is -3.59. The molecule has 3 N–H and O–H groups in total. The average molecular weight is 327 g/mol. The summed E-state index contributed by atoms with van der Waals surface area (Å²) < 4.78 is 26.0. The number of nitrogens with one attached hydrogen (secondary N) is 1. The highest BCUT2D eigenvalue weighted by Gasteiger charge is 2.33. The molecule has 0 aliphatic heterocycles. The van der Waals surface area contributed by atoms with E-state index in [9.17, 15) is 13.6 Å². The summed E-state index contributed by atoms with van der Waals surface area (Å²) in [5.41, 5.74) is 4.63. The van der Waals surface area contributed by atoms with Gasteiger partial charge in [-0.25, -0.2) is 8.78 Å². The van der Waals surface area contributed by atoms with Crippen LogP contribution in [0.5, 0.6) is 0 Å². The van der Waals surface area contributed by atoms with Crippen LogP contribution in [0.25, 0.3) is 0 Å². The highest BCUT2D eigenvalue weighted by atomic mass is 35.5. The molecule has 0 radical (unpaired) electrons. The highest BCUT2D eigenvalue weighted by Crippen LogP contribution is 2.26. The molecule has 0 saturated carbocycles. The molecule has 0 bridgehead atoms. The second kappa shape index (κ2) is 7.20. The van der Waals surface area contributed by atoms with Crippen molar-refractivity contribution in [2.45, 2.75) is 25.2 Å². The Bertz CT molecular complexity index is 467. The lowest BCUT2D eigenvalue weighted by atomic mass is 9.83. The summed E-state index contributed by atoms with van der Waals surface area (Å²) in [6.45, 7) is 1.72. The average Bonchev–Trinajstić information content (AvgIpc) is 2.36. The summed E-state index contributed by atoms with van der Waals surface area (Å²) in [4.78, 5) is 12.0. The minimum Gasteiger partial charge on any atom is -0.349 e. The molecule has 0 saturated heterocycles. The third-order valence-electron chi connectivity index (χ3n) is 2.92. The molecule has 20 heavy (non-hydrogen) atoms. The van der Waals surface area contributed by atoms with Gasteiger partial charge in [-0.3, -0.25) is 4.79 Å². The Balaban J connectivity index is 0.00000361. The molecule has 0 aliphatic rings. The fraction of sp³-hybridized carbons (Fsp3) is 0.462. The highest BCUT2D eigenvalue weighted by molar-refractivity contribution is 6.30. The molecule has 1 rings (SSSR count). The second-order valence-corrected chi connectivity index (χ2v) is 5.31. The zero-order chi connectivity index (χ0) is 14.7. The number of hydrogen-bond acceptors (Lipinski definition) is 2. The number of halogens is 4. The summed E-state index contributed by atoms with van der Waals surface area (Å²) in [6, 6.07) is 6.76. The van der Waals surface area contributed by atoms with Crippen molar-refractivity contribution in [1.82, 2.24) is 5.32 Å². The zero-order valence-corrected chi connectivity index (χ0v) is 12.8. The van der Waals surface area contributed by atoms with Crippen molar-refractivity contribution in [3.05, 3.63) is 34.9 Å². The number of alkyl halides is 2. The van der Waals surface area contributed by atoms with Crippen molar-refractivity contribution in [3.8, 4) is 0 Å². The molecule has 114 valence electrons. The standard InChI is InChI=1S/C13H17ClF2N2O.ClH/c1-12(2,9-4-3-5-10(14)6-9)11(19)18-8-13(15,16)7-17;/h3-6H,7-8,17H2,1-2H3,(H,18,19);1H. The van der Waals surface area contributed by atoms with Crippen LogP contribution >= 0.6 is 24.0 Å². The first-order valence-corrected chi connectivity index (χ1v) is 6.19. The molecule has 0 aromatic heterocycles. The van der Waals surface area contributed by atoms with Crippen LogP contribution in [0.1, 0.15) is 19.4 Å². The van der Waals surface area contributed by atoms with Gasteiger partial charge in [0, 0.05) is 5.02 Å². The monoisotopic (exact) mass is 326 g/mol. The van der Waals surface area contributed by atoms with E-state index >= 15 is 0 Å². The first-order chi connectivity index (χ1) is 8.69. The molecule has 0 unspecified atom stereocenters. The number of carbonyl (C=O) groups excluding carboxylic acids is 1. The topological polar surface area (TPSA) is 55.1 Å². The van der Waals surface area contributed by atoms with Gasteiger partial charge in [0.25, 0.3) is 5.92 Å². The maximum Gasteiger partial charge on any atom is 0.277 e. The fourth-order valence-corrected chi connectivity index (χ4v) is 1.70. The van der Waals surface area contributed by atoms with Gasteiger partial charge in [-0.05, 0) is 31.5 Å². The van der Waals surface area contributed by atoms with Crippen LogP contribution in [0.2, 0.25) is 5.02 Å². The molecule has 0 atom stereocenters. The van der Waals surface area contributed by atoms with Crippen molar-refractivity contribution in [2.75, 3.05) is 13.1 Å². The Kier molecular flexibility index (Phi) is 6.87. The fourth-order valence-electron chi connectivity index (χ4n) is 1.51. The van der Waals surface area contributed by atoms with E-state index in [4.69, 9.17) is 17.3 Å². The number of amides is 1. The molecule has 0 heterocycles. The van der Waals surface area contributed by atoms with Crippen molar-refractivity contribution in [3.63, 3.8) is 0 Å². The van der Waals surface area contributed by atoms with Gasteiger partial charge in [-0.15, -0.1) is 12.4 Å². The number of carbonyl (C=O) groups is 1. The molecular formula is C13H18Cl2F2N2O. The first kappa shape index (κ1) is 19.1. The predicted octanol–water partition coefficient (Wildman–Crippen LogP) is 2.75. The van der Waals surface area contributed by atoms with Gasteiger partial charge in [0.1, 0.15) is 0 Å². The Labute approximate surface area is 128 Å². The molecule has 0 fully saturated rings. The summed E-state index contributed by atoms with van der Waals surface area (Å²) in [6.07, 6.45) is 0. The number of nitrogens with two attached hydrogens (primary N) is 1. The van der Waals surface area contributed by atoms with Crippen LogP contribution in [0, 0.1) is 0 Å². The van der Waals surface area contributed by atoms with Gasteiger partial charge in [-0.1, -0.05) is 23.7 Å². The third-order valence-corrected chi connectivity index (χ3v) is 3.16. The van der Waals surface area contributed by atoms with Gasteiger partial charge in [-0.2, -0.15) is 0 Å². The molecule has 0 spiro atoms. The van der Waals surface area contributed by atoms with E-state index < -0.39 is 30.3 Å². The smallest absolute Gasteiger partial charge is 0.277 e. The molecule has 1 aromatic carbocycles. The second-order valence-electron chi connectivity index (χ2n) is 4.88.